The highest BCUT2D eigenvalue weighted by molar-refractivity contribution is 7.80. The van der Waals surface area contributed by atoms with Gasteiger partial charge in [-0.25, -0.2) is 0 Å². The fraction of sp³-hybridized carbons (Fsp3) is 0.375. The van der Waals surface area contributed by atoms with Crippen LogP contribution < -0.4 is 14.8 Å². The van der Waals surface area contributed by atoms with E-state index in [-0.39, 0.29) is 6.10 Å². The predicted octanol–water partition coefficient (Wildman–Crippen LogP) is 4.95. The van der Waals surface area contributed by atoms with Crippen LogP contribution in [0.4, 0.5) is 5.69 Å². The summed E-state index contributed by atoms with van der Waals surface area (Å²) < 4.78 is 17.1. The Balaban J connectivity index is 1.77. The molecule has 5 nitrogen and oxygen atoms in total. The summed E-state index contributed by atoms with van der Waals surface area (Å²) in [6, 6.07) is 14.1. The summed E-state index contributed by atoms with van der Waals surface area (Å²) in [6.45, 7) is 8.41. The molecule has 1 saturated heterocycles. The van der Waals surface area contributed by atoms with Crippen LogP contribution in [0.1, 0.15) is 24.0 Å². The first-order chi connectivity index (χ1) is 14.6. The molecule has 0 spiro atoms. The van der Waals surface area contributed by atoms with E-state index < -0.39 is 0 Å². The van der Waals surface area contributed by atoms with Gasteiger partial charge in [-0.1, -0.05) is 36.9 Å². The van der Waals surface area contributed by atoms with E-state index in [2.05, 4.69) is 29.8 Å². The Morgan fingerprint density at radius 2 is 2.13 bits per heavy atom. The number of ether oxygens (including phenoxy) is 3. The van der Waals surface area contributed by atoms with Crippen LogP contribution in [0, 0.1) is 6.92 Å². The zero-order valence-electron chi connectivity index (χ0n) is 17.7. The lowest BCUT2D eigenvalue weighted by Crippen LogP contribution is -2.39. The number of anilines is 1. The summed E-state index contributed by atoms with van der Waals surface area (Å²) in [6.07, 6.45) is 4.06. The fourth-order valence-corrected chi connectivity index (χ4v) is 3.71. The molecular weight excluding hydrogens is 396 g/mol. The molecule has 1 heterocycles. The van der Waals surface area contributed by atoms with E-state index in [1.54, 1.807) is 13.2 Å². The zero-order valence-corrected chi connectivity index (χ0v) is 18.5. The Morgan fingerprint density at radius 3 is 2.83 bits per heavy atom. The van der Waals surface area contributed by atoms with Gasteiger partial charge in [0.2, 0.25) is 0 Å². The molecule has 3 rings (SSSR count). The Labute approximate surface area is 184 Å². The average molecular weight is 427 g/mol. The van der Waals surface area contributed by atoms with Gasteiger partial charge in [0.1, 0.15) is 6.61 Å². The molecule has 0 aliphatic carbocycles. The van der Waals surface area contributed by atoms with E-state index in [9.17, 15) is 0 Å². The maximum absolute atomic E-state index is 5.87. The van der Waals surface area contributed by atoms with Crippen LogP contribution in [0.2, 0.25) is 0 Å². The van der Waals surface area contributed by atoms with Gasteiger partial charge in [-0.05, 0) is 61.3 Å². The van der Waals surface area contributed by atoms with Crippen LogP contribution in [0.15, 0.2) is 55.1 Å². The summed E-state index contributed by atoms with van der Waals surface area (Å²) >= 11 is 5.79. The Kier molecular flexibility index (Phi) is 8.11. The number of hydrogen-bond donors (Lipinski definition) is 1. The lowest BCUT2D eigenvalue weighted by Gasteiger charge is -2.29. The molecule has 0 unspecified atom stereocenters. The van der Waals surface area contributed by atoms with Crippen molar-refractivity contribution in [1.29, 1.82) is 0 Å². The van der Waals surface area contributed by atoms with Gasteiger partial charge < -0.3 is 24.4 Å². The molecule has 0 saturated carbocycles. The molecule has 0 amide bonds. The summed E-state index contributed by atoms with van der Waals surface area (Å²) in [7, 11) is 1.65. The Bertz CT molecular complexity index is 865. The minimum atomic E-state index is 0.193. The van der Waals surface area contributed by atoms with Crippen LogP contribution in [0.5, 0.6) is 11.5 Å². The molecular formula is C24H30N2O3S. The molecule has 1 fully saturated rings. The third-order valence-electron chi connectivity index (χ3n) is 5.08. The van der Waals surface area contributed by atoms with Crippen LogP contribution >= 0.6 is 12.2 Å². The SMILES string of the molecule is C=CCOc1ccc(CN(C[C@H]2CCCO2)C(=S)Nc2ccccc2C)cc1OC. The number of rotatable bonds is 9. The molecule has 2 aromatic rings. The third-order valence-corrected chi connectivity index (χ3v) is 5.44. The van der Waals surface area contributed by atoms with E-state index in [0.29, 0.717) is 29.8 Å². The number of nitrogens with one attached hydrogen (secondary N) is 1. The Morgan fingerprint density at radius 1 is 1.30 bits per heavy atom. The van der Waals surface area contributed by atoms with Crippen molar-refractivity contribution in [3.63, 3.8) is 0 Å². The number of methoxy groups -OCH3 is 1. The van der Waals surface area contributed by atoms with Crippen molar-refractivity contribution in [2.75, 3.05) is 32.2 Å². The second-order valence-electron chi connectivity index (χ2n) is 7.35. The van der Waals surface area contributed by atoms with E-state index in [1.165, 1.54) is 0 Å². The summed E-state index contributed by atoms with van der Waals surface area (Å²) in [4.78, 5) is 2.16. The molecule has 1 aliphatic rings. The van der Waals surface area contributed by atoms with E-state index in [0.717, 1.165) is 42.8 Å². The lowest BCUT2D eigenvalue weighted by molar-refractivity contribution is 0.0905. The maximum atomic E-state index is 5.87. The van der Waals surface area contributed by atoms with Crippen molar-refractivity contribution in [1.82, 2.24) is 4.90 Å². The second kappa shape index (κ2) is 11.0. The largest absolute Gasteiger partial charge is 0.493 e. The quantitative estimate of drug-likeness (QED) is 0.452. The molecule has 0 radical (unpaired) electrons. The third kappa shape index (κ3) is 5.97. The lowest BCUT2D eigenvalue weighted by atomic mass is 10.1. The molecule has 1 N–H and O–H groups in total. The smallest absolute Gasteiger partial charge is 0.173 e. The highest BCUT2D eigenvalue weighted by Gasteiger charge is 2.22. The second-order valence-corrected chi connectivity index (χ2v) is 7.73. The first-order valence-corrected chi connectivity index (χ1v) is 10.6. The van der Waals surface area contributed by atoms with Crippen molar-refractivity contribution in [2.45, 2.75) is 32.4 Å². The van der Waals surface area contributed by atoms with Gasteiger partial charge in [0, 0.05) is 25.4 Å². The van der Waals surface area contributed by atoms with Gasteiger partial charge in [0.25, 0.3) is 0 Å². The number of aryl methyl sites for hydroxylation is 1. The van der Waals surface area contributed by atoms with Gasteiger partial charge in [-0.2, -0.15) is 0 Å². The fourth-order valence-electron chi connectivity index (χ4n) is 3.46. The number of thiocarbonyl (C=S) groups is 1. The highest BCUT2D eigenvalue weighted by Crippen LogP contribution is 2.29. The molecule has 160 valence electrons. The molecule has 6 heteroatoms. The van der Waals surface area contributed by atoms with E-state index in [1.807, 2.05) is 36.4 Å². The molecule has 30 heavy (non-hydrogen) atoms. The Hall–Kier alpha value is -2.57. The molecule has 2 aromatic carbocycles. The van der Waals surface area contributed by atoms with Gasteiger partial charge in [0.05, 0.1) is 13.2 Å². The average Bonchev–Trinajstić information content (AvgIpc) is 3.27. The van der Waals surface area contributed by atoms with Crippen LogP contribution in [0.3, 0.4) is 0 Å². The van der Waals surface area contributed by atoms with Crippen LogP contribution in [-0.2, 0) is 11.3 Å². The van der Waals surface area contributed by atoms with Gasteiger partial charge in [-0.15, -0.1) is 0 Å². The van der Waals surface area contributed by atoms with Gasteiger partial charge in [0.15, 0.2) is 16.6 Å². The molecule has 1 atom stereocenters. The number of hydrogen-bond acceptors (Lipinski definition) is 4. The normalized spacial score (nSPS) is 15.5. The molecule has 0 aromatic heterocycles. The monoisotopic (exact) mass is 426 g/mol. The predicted molar refractivity (Wildman–Crippen MR) is 125 cm³/mol. The van der Waals surface area contributed by atoms with Crippen molar-refractivity contribution in [2.24, 2.45) is 0 Å². The van der Waals surface area contributed by atoms with E-state index in [4.69, 9.17) is 26.4 Å². The number of benzene rings is 2. The van der Waals surface area contributed by atoms with Crippen molar-refractivity contribution < 1.29 is 14.2 Å². The number of para-hydroxylation sites is 1. The molecule has 1 aliphatic heterocycles. The van der Waals surface area contributed by atoms with Crippen molar-refractivity contribution >= 4 is 23.0 Å². The van der Waals surface area contributed by atoms with Crippen LogP contribution in [-0.4, -0.2) is 43.0 Å². The van der Waals surface area contributed by atoms with Gasteiger partial charge in [-0.3, -0.25) is 0 Å². The minimum Gasteiger partial charge on any atom is -0.493 e. The van der Waals surface area contributed by atoms with Crippen LogP contribution in [0.25, 0.3) is 0 Å². The van der Waals surface area contributed by atoms with E-state index >= 15 is 0 Å². The first kappa shape index (κ1) is 22.1. The van der Waals surface area contributed by atoms with Gasteiger partial charge >= 0.3 is 0 Å². The standard InChI is InChI=1S/C24H30N2O3S/c1-4-13-29-22-12-11-19(15-23(22)27-3)16-26(17-20-9-7-14-28-20)24(30)25-21-10-6-5-8-18(21)2/h4-6,8,10-12,15,20H,1,7,9,13-14,16-17H2,2-3H3,(H,25,30)/t20-/m1/s1. The van der Waals surface area contributed by atoms with Crippen molar-refractivity contribution in [3.8, 4) is 11.5 Å². The summed E-state index contributed by atoms with van der Waals surface area (Å²) in [5.41, 5.74) is 3.26. The summed E-state index contributed by atoms with van der Waals surface area (Å²) in [5, 5.41) is 4.09. The topological polar surface area (TPSA) is 43.0 Å². The summed E-state index contributed by atoms with van der Waals surface area (Å²) in [5.74, 6) is 1.40. The minimum absolute atomic E-state index is 0.193. The number of nitrogens with zero attached hydrogens (tertiary/aromatic N) is 1. The highest BCUT2D eigenvalue weighted by atomic mass is 32.1. The molecule has 0 bridgehead atoms. The first-order valence-electron chi connectivity index (χ1n) is 10.2. The maximum Gasteiger partial charge on any atom is 0.173 e. The van der Waals surface area contributed by atoms with Crippen molar-refractivity contribution in [3.05, 3.63) is 66.2 Å². The zero-order chi connectivity index (χ0) is 21.3.